The second kappa shape index (κ2) is 16.3. The number of fused-ring (bicyclic) bond motifs is 2. The van der Waals surface area contributed by atoms with Crippen LogP contribution in [0.2, 0.25) is 0 Å². The minimum atomic E-state index is -5.84. The van der Waals surface area contributed by atoms with Crippen LogP contribution in [0.4, 0.5) is 49.1 Å². The van der Waals surface area contributed by atoms with Crippen molar-refractivity contribution in [1.82, 2.24) is 0 Å². The molecule has 0 aliphatic carbocycles. The smallest absolute Gasteiger partial charge is 0.660 e. The molecule has 0 fully saturated rings. The summed E-state index contributed by atoms with van der Waals surface area (Å²) in [4.78, 5) is 9.43. The van der Waals surface area contributed by atoms with E-state index in [1.54, 1.807) is 0 Å². The average Bonchev–Trinajstić information content (AvgIpc) is 2.79. The van der Waals surface area contributed by atoms with Crippen LogP contribution in [0.5, 0.6) is 0 Å². The fourth-order valence-corrected chi connectivity index (χ4v) is 2.80. The molecule has 0 amide bonds. The maximum atomic E-state index is 10.7. The Morgan fingerprint density at radius 3 is 1.12 bits per heavy atom. The van der Waals surface area contributed by atoms with Crippen molar-refractivity contribution >= 4 is 54.4 Å². The van der Waals surface area contributed by atoms with Crippen LogP contribution < -0.4 is 0 Å². The zero-order valence-corrected chi connectivity index (χ0v) is 26.8. The summed E-state index contributed by atoms with van der Waals surface area (Å²) in [6.45, 7) is 7.88. The van der Waals surface area contributed by atoms with Gasteiger partial charge in [0, 0.05) is 22.8 Å². The van der Waals surface area contributed by atoms with Crippen molar-refractivity contribution in [2.24, 2.45) is 9.98 Å². The van der Waals surface area contributed by atoms with Crippen molar-refractivity contribution in [2.45, 2.75) is 38.7 Å². The molecular formula is C24H24F6N4O6S2Zr. The van der Waals surface area contributed by atoms with Gasteiger partial charge in [0.05, 0.1) is 0 Å². The van der Waals surface area contributed by atoms with Crippen molar-refractivity contribution in [3.05, 3.63) is 82.7 Å². The Kier molecular flexibility index (Phi) is 15.2. The van der Waals surface area contributed by atoms with Crippen molar-refractivity contribution in [3.63, 3.8) is 0 Å². The third-order valence-corrected chi connectivity index (χ3v) is 5.54. The SMILES string of the molecule is CC1=Nc2ccccc2[N-]/C(C)=C\C(C)=Nc2ccccc2[N-]/C(C)=C\1.O=S(=O)(O)C(F)(F)F.O=S(=O)(O)C(F)(F)F.[Zr+2]. The Bertz CT molecular complexity index is 1480. The van der Waals surface area contributed by atoms with Gasteiger partial charge in [0.15, 0.2) is 0 Å². The molecule has 0 saturated heterocycles. The molecule has 19 heteroatoms. The third-order valence-electron chi connectivity index (χ3n) is 4.37. The predicted molar refractivity (Wildman–Crippen MR) is 147 cm³/mol. The minimum Gasteiger partial charge on any atom is -0.660 e. The van der Waals surface area contributed by atoms with Crippen molar-refractivity contribution in [3.8, 4) is 0 Å². The van der Waals surface area contributed by atoms with Gasteiger partial charge in [-0.1, -0.05) is 62.4 Å². The Hall–Kier alpha value is -2.86. The normalized spacial score (nSPS) is 16.7. The molecule has 234 valence electrons. The maximum absolute atomic E-state index is 10.7. The summed E-state index contributed by atoms with van der Waals surface area (Å²) in [5.74, 6) is 0. The number of para-hydroxylation sites is 4. The Morgan fingerprint density at radius 2 is 0.860 bits per heavy atom. The molecule has 2 N–H and O–H groups in total. The van der Waals surface area contributed by atoms with E-state index in [-0.39, 0.29) is 26.2 Å². The van der Waals surface area contributed by atoms with Gasteiger partial charge < -0.3 is 10.6 Å². The van der Waals surface area contributed by atoms with Gasteiger partial charge in [-0.2, -0.15) is 54.6 Å². The molecule has 0 spiro atoms. The second-order valence-electron chi connectivity index (χ2n) is 8.12. The number of rotatable bonds is 0. The van der Waals surface area contributed by atoms with Gasteiger partial charge in [-0.05, 0) is 26.0 Å². The first kappa shape index (κ1) is 40.1. The molecule has 0 bridgehead atoms. The number of hydrogen-bond donors (Lipinski definition) is 2. The first-order valence-electron chi connectivity index (χ1n) is 11.2. The molecule has 1 aliphatic rings. The van der Waals surface area contributed by atoms with E-state index in [1.807, 2.05) is 88.4 Å². The topological polar surface area (TPSA) is 162 Å². The summed E-state index contributed by atoms with van der Waals surface area (Å²) in [7, 11) is -11.7. The van der Waals surface area contributed by atoms with E-state index >= 15 is 0 Å². The maximum Gasteiger partial charge on any atom is 2.00 e. The number of hydrogen-bond acceptors (Lipinski definition) is 6. The summed E-state index contributed by atoms with van der Waals surface area (Å²) in [5.41, 5.74) is -4.19. The fourth-order valence-electron chi connectivity index (χ4n) is 2.80. The summed E-state index contributed by atoms with van der Waals surface area (Å²) in [5, 5.41) is 9.43. The standard InChI is InChI=1S/C22H22N4.2CHF3O3S.Zr/c1-15-13-16(2)24-21-11-7-8-12-22(21)26-18(4)14-17(3)25-20-10-6-5-9-19(20)23-15;2*2-1(3,4)8(5,6)7;/h5-14H,1-4H3;2*(H,5,6,7);/q-2;;;+2/b15-13-,18-14-,24-16?,25-17?;;;. The first-order valence-corrected chi connectivity index (χ1v) is 14.1. The van der Waals surface area contributed by atoms with Crippen LogP contribution in [0, 0.1) is 0 Å². The number of allylic oxidation sites excluding steroid dienone is 4. The second-order valence-corrected chi connectivity index (χ2v) is 10.9. The monoisotopic (exact) mass is 732 g/mol. The number of halogens is 6. The number of alkyl halides is 6. The number of aliphatic imine (C=N–C) groups is 2. The van der Waals surface area contributed by atoms with E-state index in [4.69, 9.17) is 46.6 Å². The van der Waals surface area contributed by atoms with Crippen LogP contribution in [-0.2, 0) is 46.4 Å². The van der Waals surface area contributed by atoms with Gasteiger partial charge in [0.25, 0.3) is 0 Å². The molecule has 0 radical (unpaired) electrons. The Labute approximate surface area is 263 Å². The summed E-state index contributed by atoms with van der Waals surface area (Å²) in [6.07, 6.45) is 3.94. The van der Waals surface area contributed by atoms with Gasteiger partial charge in [-0.15, -0.1) is 11.4 Å². The third kappa shape index (κ3) is 14.4. The molecule has 2 aromatic carbocycles. The molecule has 1 heterocycles. The number of benzene rings is 2. The zero-order chi connectivity index (χ0) is 32.5. The van der Waals surface area contributed by atoms with E-state index in [0.29, 0.717) is 0 Å². The van der Waals surface area contributed by atoms with Crippen molar-refractivity contribution in [2.75, 3.05) is 0 Å². The quantitative estimate of drug-likeness (QED) is 0.158. The average molecular weight is 734 g/mol. The Balaban J connectivity index is 0.000000860. The molecular weight excluding hydrogens is 710 g/mol. The molecule has 3 rings (SSSR count). The van der Waals surface area contributed by atoms with Gasteiger partial charge >= 0.3 is 57.5 Å². The fraction of sp³-hybridized carbons (Fsp3) is 0.250. The summed E-state index contributed by atoms with van der Waals surface area (Å²) in [6, 6.07) is 15.8. The van der Waals surface area contributed by atoms with E-state index in [9.17, 15) is 26.3 Å². The van der Waals surface area contributed by atoms with Crippen LogP contribution in [-0.4, -0.2) is 48.4 Å². The van der Waals surface area contributed by atoms with Gasteiger partial charge in [-0.3, -0.25) is 19.1 Å². The van der Waals surface area contributed by atoms with Gasteiger partial charge in [-0.25, -0.2) is 0 Å². The van der Waals surface area contributed by atoms with E-state index in [2.05, 4.69) is 0 Å². The minimum absolute atomic E-state index is 0. The van der Waals surface area contributed by atoms with Crippen LogP contribution in [0.3, 0.4) is 0 Å². The molecule has 0 aromatic heterocycles. The van der Waals surface area contributed by atoms with Crippen LogP contribution in [0.25, 0.3) is 10.6 Å². The predicted octanol–water partition coefficient (Wildman–Crippen LogP) is 8.19. The molecule has 2 aromatic rings. The van der Waals surface area contributed by atoms with Crippen molar-refractivity contribution in [1.29, 1.82) is 0 Å². The molecule has 10 nitrogen and oxygen atoms in total. The van der Waals surface area contributed by atoms with E-state index in [1.165, 1.54) is 0 Å². The van der Waals surface area contributed by atoms with Crippen LogP contribution >= 0.6 is 0 Å². The molecule has 1 aliphatic heterocycles. The van der Waals surface area contributed by atoms with E-state index < -0.39 is 31.3 Å². The molecule has 43 heavy (non-hydrogen) atoms. The first-order chi connectivity index (χ1) is 19.0. The molecule has 0 unspecified atom stereocenters. The van der Waals surface area contributed by atoms with Crippen LogP contribution in [0.15, 0.2) is 82.1 Å². The van der Waals surface area contributed by atoms with Crippen LogP contribution in [0.1, 0.15) is 27.7 Å². The largest absolute Gasteiger partial charge is 2.00 e. The zero-order valence-electron chi connectivity index (χ0n) is 22.7. The Morgan fingerprint density at radius 1 is 0.605 bits per heavy atom. The molecule has 0 saturated carbocycles. The van der Waals surface area contributed by atoms with Gasteiger partial charge in [0.2, 0.25) is 0 Å². The summed E-state index contributed by atoms with van der Waals surface area (Å²) < 4.78 is 115. The van der Waals surface area contributed by atoms with Gasteiger partial charge in [0.1, 0.15) is 0 Å². The molecule has 0 atom stereocenters. The summed E-state index contributed by atoms with van der Waals surface area (Å²) >= 11 is 0. The van der Waals surface area contributed by atoms with E-state index in [0.717, 1.165) is 45.6 Å². The number of nitrogens with zero attached hydrogens (tertiary/aromatic N) is 4. The van der Waals surface area contributed by atoms with Crippen molar-refractivity contribution < 1.29 is 78.5 Å².